The highest BCUT2D eigenvalue weighted by Gasteiger charge is 2.15. The summed E-state index contributed by atoms with van der Waals surface area (Å²) in [6.07, 6.45) is 1.73. The zero-order valence-electron chi connectivity index (χ0n) is 15.9. The highest BCUT2D eigenvalue weighted by atomic mass is 16.5. The average Bonchev–Trinajstić information content (AvgIpc) is 2.67. The number of aryl methyl sites for hydroxylation is 1. The van der Waals surface area contributed by atoms with E-state index in [2.05, 4.69) is 17.4 Å². The quantitative estimate of drug-likeness (QED) is 0.699. The minimum absolute atomic E-state index is 0.196. The molecular weight excluding hydrogens is 330 g/mol. The van der Waals surface area contributed by atoms with Gasteiger partial charge in [-0.2, -0.15) is 0 Å². The lowest BCUT2D eigenvalue weighted by molar-refractivity contribution is -0.140. The van der Waals surface area contributed by atoms with Gasteiger partial charge < -0.3 is 19.5 Å². The minimum Gasteiger partial charge on any atom is -0.496 e. The molecule has 0 aliphatic rings. The lowest BCUT2D eigenvalue weighted by Gasteiger charge is -2.17. The third-order valence-corrected chi connectivity index (χ3v) is 4.31. The van der Waals surface area contributed by atoms with E-state index in [0.717, 1.165) is 40.3 Å². The Labute approximate surface area is 155 Å². The Morgan fingerprint density at radius 2 is 1.81 bits per heavy atom. The number of esters is 1. The molecule has 0 fully saturated rings. The van der Waals surface area contributed by atoms with Crippen LogP contribution in [0.3, 0.4) is 0 Å². The molecule has 0 unspecified atom stereocenters. The van der Waals surface area contributed by atoms with E-state index in [9.17, 15) is 4.79 Å². The van der Waals surface area contributed by atoms with Crippen LogP contribution >= 0.6 is 0 Å². The number of nitrogens with one attached hydrogen (secondary N) is 1. The predicted molar refractivity (Wildman–Crippen MR) is 102 cm³/mol. The van der Waals surface area contributed by atoms with Crippen molar-refractivity contribution < 1.29 is 19.0 Å². The summed E-state index contributed by atoms with van der Waals surface area (Å²) in [7, 11) is 6.68. The molecule has 0 saturated heterocycles. The van der Waals surface area contributed by atoms with Crippen LogP contribution < -0.4 is 14.8 Å². The topological polar surface area (TPSA) is 56.8 Å². The van der Waals surface area contributed by atoms with Crippen LogP contribution in [0.4, 0.5) is 0 Å². The van der Waals surface area contributed by atoms with E-state index in [-0.39, 0.29) is 5.97 Å². The van der Waals surface area contributed by atoms with Crippen LogP contribution in [0.5, 0.6) is 11.5 Å². The first-order valence-corrected chi connectivity index (χ1v) is 8.64. The second kappa shape index (κ2) is 9.82. The molecule has 0 heterocycles. The molecule has 140 valence electrons. The fraction of sp³-hybridized carbons (Fsp3) is 0.381. The first-order valence-electron chi connectivity index (χ1n) is 8.64. The first-order chi connectivity index (χ1) is 12.6. The van der Waals surface area contributed by atoms with Crippen LogP contribution in [0.15, 0.2) is 36.4 Å². The summed E-state index contributed by atoms with van der Waals surface area (Å²) in [5, 5.41) is 3.16. The molecule has 5 heteroatoms. The molecule has 2 rings (SSSR count). The second-order valence-corrected chi connectivity index (χ2v) is 6.04. The van der Waals surface area contributed by atoms with Crippen molar-refractivity contribution in [1.29, 1.82) is 0 Å². The van der Waals surface area contributed by atoms with Crippen molar-refractivity contribution in [3.63, 3.8) is 0 Å². The summed E-state index contributed by atoms with van der Waals surface area (Å²) >= 11 is 0. The Bertz CT molecular complexity index is 743. The number of methoxy groups -OCH3 is 3. The van der Waals surface area contributed by atoms with Gasteiger partial charge in [0.1, 0.15) is 11.5 Å². The maximum atomic E-state index is 11.4. The summed E-state index contributed by atoms with van der Waals surface area (Å²) in [4.78, 5) is 11.4. The van der Waals surface area contributed by atoms with E-state index in [1.807, 2.05) is 31.3 Å². The van der Waals surface area contributed by atoms with E-state index in [4.69, 9.17) is 14.2 Å². The van der Waals surface area contributed by atoms with E-state index >= 15 is 0 Å². The minimum atomic E-state index is -0.196. The molecule has 0 aromatic heterocycles. The fourth-order valence-electron chi connectivity index (χ4n) is 3.05. The van der Waals surface area contributed by atoms with Crippen LogP contribution in [0.1, 0.15) is 28.7 Å². The molecule has 2 aromatic rings. The van der Waals surface area contributed by atoms with Crippen LogP contribution in [0, 0.1) is 0 Å². The maximum Gasteiger partial charge on any atom is 0.305 e. The van der Waals surface area contributed by atoms with Gasteiger partial charge in [0, 0.05) is 30.5 Å². The highest BCUT2D eigenvalue weighted by Crippen LogP contribution is 2.34. The normalized spacial score (nSPS) is 10.5. The summed E-state index contributed by atoms with van der Waals surface area (Å²) < 4.78 is 16.0. The smallest absolute Gasteiger partial charge is 0.305 e. The molecule has 0 bridgehead atoms. The third kappa shape index (κ3) is 4.99. The number of rotatable bonds is 9. The van der Waals surface area contributed by atoms with E-state index in [0.29, 0.717) is 19.3 Å². The number of ether oxygens (including phenoxy) is 3. The Kier molecular flexibility index (Phi) is 7.48. The molecule has 0 aliphatic carbocycles. The Morgan fingerprint density at radius 1 is 1.04 bits per heavy atom. The van der Waals surface area contributed by atoms with Crippen molar-refractivity contribution in [3.05, 3.63) is 58.7 Å². The Balaban J connectivity index is 2.29. The maximum absolute atomic E-state index is 11.4. The summed E-state index contributed by atoms with van der Waals surface area (Å²) in [5.41, 5.74) is 4.36. The highest BCUT2D eigenvalue weighted by molar-refractivity contribution is 5.69. The average molecular weight is 357 g/mol. The van der Waals surface area contributed by atoms with Gasteiger partial charge in [-0.15, -0.1) is 0 Å². The van der Waals surface area contributed by atoms with E-state index < -0.39 is 0 Å². The van der Waals surface area contributed by atoms with Crippen molar-refractivity contribution in [2.24, 2.45) is 0 Å². The molecule has 0 atom stereocenters. The van der Waals surface area contributed by atoms with Gasteiger partial charge in [0.15, 0.2) is 0 Å². The Morgan fingerprint density at radius 3 is 2.46 bits per heavy atom. The SMILES string of the molecule is CNCc1ccc(OC)c(Cc2cccc(CCC(=O)OC)c2)c1OC. The molecule has 26 heavy (non-hydrogen) atoms. The van der Waals surface area contributed by atoms with Crippen LogP contribution in [-0.4, -0.2) is 34.3 Å². The third-order valence-electron chi connectivity index (χ3n) is 4.31. The number of carbonyl (C=O) groups is 1. The molecule has 0 saturated carbocycles. The summed E-state index contributed by atoms with van der Waals surface area (Å²) in [5.74, 6) is 1.46. The fourth-order valence-corrected chi connectivity index (χ4v) is 3.05. The molecular formula is C21H27NO4. The van der Waals surface area contributed by atoms with Gasteiger partial charge in [-0.25, -0.2) is 0 Å². The molecule has 0 spiro atoms. The lowest BCUT2D eigenvalue weighted by Crippen LogP contribution is -2.09. The molecule has 0 radical (unpaired) electrons. The number of benzene rings is 2. The van der Waals surface area contributed by atoms with Gasteiger partial charge in [-0.1, -0.05) is 30.3 Å². The standard InChI is InChI=1S/C21H27NO4/c1-22-14-17-9-10-19(24-2)18(21(17)26-4)13-16-7-5-6-15(12-16)8-11-20(23)25-3/h5-7,9-10,12,22H,8,11,13-14H2,1-4H3. The summed E-state index contributed by atoms with van der Waals surface area (Å²) in [6.45, 7) is 0.722. The molecule has 1 N–H and O–H groups in total. The monoisotopic (exact) mass is 357 g/mol. The van der Waals surface area contributed by atoms with Gasteiger partial charge >= 0.3 is 5.97 Å². The summed E-state index contributed by atoms with van der Waals surface area (Å²) in [6, 6.07) is 12.2. The van der Waals surface area contributed by atoms with Gasteiger partial charge in [-0.05, 0) is 30.7 Å². The van der Waals surface area contributed by atoms with Gasteiger partial charge in [0.2, 0.25) is 0 Å². The number of carbonyl (C=O) groups excluding carboxylic acids is 1. The van der Waals surface area contributed by atoms with E-state index in [1.54, 1.807) is 14.2 Å². The van der Waals surface area contributed by atoms with Crippen LogP contribution in [0.2, 0.25) is 0 Å². The number of hydrogen-bond acceptors (Lipinski definition) is 5. The first kappa shape index (κ1) is 19.8. The van der Waals surface area contributed by atoms with Crippen molar-refractivity contribution in [1.82, 2.24) is 5.32 Å². The van der Waals surface area contributed by atoms with Gasteiger partial charge in [-0.3, -0.25) is 4.79 Å². The number of hydrogen-bond donors (Lipinski definition) is 1. The van der Waals surface area contributed by atoms with E-state index in [1.165, 1.54) is 7.11 Å². The van der Waals surface area contributed by atoms with Crippen molar-refractivity contribution in [3.8, 4) is 11.5 Å². The molecule has 5 nitrogen and oxygen atoms in total. The van der Waals surface area contributed by atoms with Crippen molar-refractivity contribution >= 4 is 5.97 Å². The molecule has 2 aromatic carbocycles. The second-order valence-electron chi connectivity index (χ2n) is 6.04. The zero-order chi connectivity index (χ0) is 18.9. The van der Waals surface area contributed by atoms with Crippen LogP contribution in [-0.2, 0) is 28.9 Å². The van der Waals surface area contributed by atoms with Crippen LogP contribution in [0.25, 0.3) is 0 Å². The van der Waals surface area contributed by atoms with Gasteiger partial charge in [0.05, 0.1) is 21.3 Å². The molecule has 0 aliphatic heterocycles. The lowest BCUT2D eigenvalue weighted by atomic mass is 9.97. The zero-order valence-corrected chi connectivity index (χ0v) is 15.9. The van der Waals surface area contributed by atoms with Gasteiger partial charge in [0.25, 0.3) is 0 Å². The van der Waals surface area contributed by atoms with Crippen molar-refractivity contribution in [2.45, 2.75) is 25.8 Å². The van der Waals surface area contributed by atoms with Crippen molar-refractivity contribution in [2.75, 3.05) is 28.4 Å². The predicted octanol–water partition coefficient (Wildman–Crippen LogP) is 3.12. The largest absolute Gasteiger partial charge is 0.496 e. The Hall–Kier alpha value is -2.53. The molecule has 0 amide bonds.